The van der Waals surface area contributed by atoms with Crippen LogP contribution in [-0.4, -0.2) is 30.3 Å². The summed E-state index contributed by atoms with van der Waals surface area (Å²) < 4.78 is 5.67. The molecule has 1 fully saturated rings. The van der Waals surface area contributed by atoms with Crippen LogP contribution in [0.2, 0.25) is 0 Å². The fraction of sp³-hybridized carbons (Fsp3) is 1.00. The number of hydrogen-bond donors (Lipinski definition) is 2. The predicted molar refractivity (Wildman–Crippen MR) is 59.3 cm³/mol. The van der Waals surface area contributed by atoms with Gasteiger partial charge in [0.25, 0.3) is 0 Å². The van der Waals surface area contributed by atoms with Crippen molar-refractivity contribution in [3.8, 4) is 0 Å². The van der Waals surface area contributed by atoms with Crippen LogP contribution in [-0.2, 0) is 4.74 Å². The fourth-order valence-electron chi connectivity index (χ4n) is 1.90. The van der Waals surface area contributed by atoms with Gasteiger partial charge in [-0.25, -0.2) is 0 Å². The molecule has 0 bridgehead atoms. The molecular formula is C11H24N2O. The van der Waals surface area contributed by atoms with Crippen molar-refractivity contribution >= 4 is 0 Å². The Balaban J connectivity index is 2.38. The van der Waals surface area contributed by atoms with Crippen LogP contribution in [0.4, 0.5) is 0 Å². The minimum atomic E-state index is 0.0213. The molecule has 3 N–H and O–H groups in total. The summed E-state index contributed by atoms with van der Waals surface area (Å²) in [7, 11) is 0. The van der Waals surface area contributed by atoms with Gasteiger partial charge in [-0.2, -0.15) is 0 Å². The Hall–Kier alpha value is -0.120. The second-order valence-corrected chi connectivity index (χ2v) is 5.11. The van der Waals surface area contributed by atoms with Gasteiger partial charge in [0.05, 0.1) is 5.60 Å². The SMILES string of the molecule is CC(N)C(C)NC1CCOC(C)(C)C1. The van der Waals surface area contributed by atoms with Gasteiger partial charge in [0.2, 0.25) is 0 Å². The summed E-state index contributed by atoms with van der Waals surface area (Å²) in [5.74, 6) is 0. The molecule has 3 heteroatoms. The first-order chi connectivity index (χ1) is 6.41. The van der Waals surface area contributed by atoms with E-state index in [-0.39, 0.29) is 11.6 Å². The highest BCUT2D eigenvalue weighted by atomic mass is 16.5. The zero-order chi connectivity index (χ0) is 10.8. The molecule has 14 heavy (non-hydrogen) atoms. The van der Waals surface area contributed by atoms with Gasteiger partial charge >= 0.3 is 0 Å². The van der Waals surface area contributed by atoms with Gasteiger partial charge < -0.3 is 15.8 Å². The monoisotopic (exact) mass is 200 g/mol. The van der Waals surface area contributed by atoms with Crippen molar-refractivity contribution in [2.24, 2.45) is 5.73 Å². The Labute approximate surface area is 87.4 Å². The Kier molecular flexibility index (Phi) is 3.93. The molecule has 1 heterocycles. The van der Waals surface area contributed by atoms with E-state index in [9.17, 15) is 0 Å². The van der Waals surface area contributed by atoms with Crippen LogP contribution in [0.1, 0.15) is 40.5 Å². The Morgan fingerprint density at radius 2 is 2.07 bits per heavy atom. The lowest BCUT2D eigenvalue weighted by molar-refractivity contribution is -0.0641. The fourth-order valence-corrected chi connectivity index (χ4v) is 1.90. The van der Waals surface area contributed by atoms with E-state index < -0.39 is 0 Å². The standard InChI is InChI=1S/C11H24N2O/c1-8(12)9(2)13-10-5-6-14-11(3,4)7-10/h8-10,13H,5-7,12H2,1-4H3. The van der Waals surface area contributed by atoms with Gasteiger partial charge in [0.1, 0.15) is 0 Å². The number of nitrogens with one attached hydrogen (secondary N) is 1. The summed E-state index contributed by atoms with van der Waals surface area (Å²) in [4.78, 5) is 0. The number of rotatable bonds is 3. The van der Waals surface area contributed by atoms with E-state index in [1.165, 1.54) is 0 Å². The highest BCUT2D eigenvalue weighted by Gasteiger charge is 2.29. The molecule has 84 valence electrons. The molecule has 0 aliphatic carbocycles. The van der Waals surface area contributed by atoms with Crippen LogP contribution in [0.15, 0.2) is 0 Å². The molecule has 1 aliphatic rings. The third-order valence-corrected chi connectivity index (χ3v) is 2.98. The Morgan fingerprint density at radius 3 is 2.57 bits per heavy atom. The Morgan fingerprint density at radius 1 is 1.43 bits per heavy atom. The summed E-state index contributed by atoms with van der Waals surface area (Å²) in [6.45, 7) is 9.35. The molecule has 3 atom stereocenters. The first kappa shape index (κ1) is 12.0. The molecular weight excluding hydrogens is 176 g/mol. The summed E-state index contributed by atoms with van der Waals surface area (Å²) in [5.41, 5.74) is 5.85. The lowest BCUT2D eigenvalue weighted by Crippen LogP contribution is -2.51. The number of nitrogens with two attached hydrogens (primary N) is 1. The van der Waals surface area contributed by atoms with Crippen molar-refractivity contribution in [2.45, 2.75) is 64.3 Å². The summed E-state index contributed by atoms with van der Waals surface area (Å²) in [6, 6.07) is 1.15. The number of ether oxygens (including phenoxy) is 1. The van der Waals surface area contributed by atoms with Crippen LogP contribution in [0.25, 0.3) is 0 Å². The summed E-state index contributed by atoms with van der Waals surface area (Å²) in [6.07, 6.45) is 2.17. The van der Waals surface area contributed by atoms with Crippen molar-refractivity contribution < 1.29 is 4.74 Å². The van der Waals surface area contributed by atoms with E-state index in [1.54, 1.807) is 0 Å². The van der Waals surface area contributed by atoms with Crippen LogP contribution in [0.5, 0.6) is 0 Å². The molecule has 0 aromatic carbocycles. The maximum absolute atomic E-state index is 5.83. The van der Waals surface area contributed by atoms with Crippen LogP contribution < -0.4 is 11.1 Å². The van der Waals surface area contributed by atoms with Gasteiger partial charge in [-0.15, -0.1) is 0 Å². The molecule has 3 unspecified atom stereocenters. The summed E-state index contributed by atoms with van der Waals surface area (Å²) in [5, 5.41) is 3.57. The zero-order valence-electron chi connectivity index (χ0n) is 9.84. The Bertz CT molecular complexity index is 180. The predicted octanol–water partition coefficient (Wildman–Crippen LogP) is 1.27. The van der Waals surface area contributed by atoms with E-state index in [0.717, 1.165) is 19.4 Å². The van der Waals surface area contributed by atoms with Crippen LogP contribution >= 0.6 is 0 Å². The van der Waals surface area contributed by atoms with Gasteiger partial charge in [-0.3, -0.25) is 0 Å². The average Bonchev–Trinajstić information content (AvgIpc) is 2.01. The molecule has 0 saturated carbocycles. The van der Waals surface area contributed by atoms with Gasteiger partial charge in [-0.1, -0.05) is 0 Å². The van der Waals surface area contributed by atoms with Crippen molar-refractivity contribution in [3.05, 3.63) is 0 Å². The molecule has 0 aromatic heterocycles. The highest BCUT2D eigenvalue weighted by Crippen LogP contribution is 2.24. The smallest absolute Gasteiger partial charge is 0.0641 e. The van der Waals surface area contributed by atoms with Crippen molar-refractivity contribution in [1.29, 1.82) is 0 Å². The van der Waals surface area contributed by atoms with E-state index in [2.05, 4.69) is 26.1 Å². The lowest BCUT2D eigenvalue weighted by Gasteiger charge is -2.37. The number of hydrogen-bond acceptors (Lipinski definition) is 3. The zero-order valence-corrected chi connectivity index (χ0v) is 9.84. The third kappa shape index (κ3) is 3.56. The first-order valence-corrected chi connectivity index (χ1v) is 5.56. The molecule has 1 saturated heterocycles. The van der Waals surface area contributed by atoms with E-state index >= 15 is 0 Å². The molecule has 0 aromatic rings. The molecule has 0 spiro atoms. The van der Waals surface area contributed by atoms with Gasteiger partial charge in [0, 0.05) is 24.7 Å². The van der Waals surface area contributed by atoms with E-state index in [0.29, 0.717) is 12.1 Å². The maximum Gasteiger partial charge on any atom is 0.0641 e. The average molecular weight is 200 g/mol. The summed E-state index contributed by atoms with van der Waals surface area (Å²) >= 11 is 0. The highest BCUT2D eigenvalue weighted by molar-refractivity contribution is 4.85. The quantitative estimate of drug-likeness (QED) is 0.721. The van der Waals surface area contributed by atoms with Crippen molar-refractivity contribution in [3.63, 3.8) is 0 Å². The van der Waals surface area contributed by atoms with Gasteiger partial charge in [0.15, 0.2) is 0 Å². The minimum absolute atomic E-state index is 0.0213. The topological polar surface area (TPSA) is 47.3 Å². The molecule has 1 aliphatic heterocycles. The van der Waals surface area contributed by atoms with E-state index in [1.807, 2.05) is 6.92 Å². The second kappa shape index (κ2) is 4.60. The van der Waals surface area contributed by atoms with Crippen molar-refractivity contribution in [2.75, 3.05) is 6.61 Å². The van der Waals surface area contributed by atoms with Crippen LogP contribution in [0, 0.1) is 0 Å². The second-order valence-electron chi connectivity index (χ2n) is 5.11. The van der Waals surface area contributed by atoms with Gasteiger partial charge in [-0.05, 0) is 40.5 Å². The molecule has 1 rings (SSSR count). The van der Waals surface area contributed by atoms with Crippen LogP contribution in [0.3, 0.4) is 0 Å². The maximum atomic E-state index is 5.83. The lowest BCUT2D eigenvalue weighted by atomic mass is 9.93. The van der Waals surface area contributed by atoms with E-state index in [4.69, 9.17) is 10.5 Å². The third-order valence-electron chi connectivity index (χ3n) is 2.98. The first-order valence-electron chi connectivity index (χ1n) is 5.56. The molecule has 0 amide bonds. The largest absolute Gasteiger partial charge is 0.375 e. The minimum Gasteiger partial charge on any atom is -0.375 e. The normalized spacial score (nSPS) is 31.1. The molecule has 0 radical (unpaired) electrons. The van der Waals surface area contributed by atoms with Crippen molar-refractivity contribution in [1.82, 2.24) is 5.32 Å². The molecule has 3 nitrogen and oxygen atoms in total.